The average molecular weight is 482 g/mol. The number of methoxy groups -OCH3 is 1. The number of amides is 2. The molecule has 0 unspecified atom stereocenters. The smallest absolute Gasteiger partial charge is 0.252 e. The minimum absolute atomic E-state index is 0.0158. The van der Waals surface area contributed by atoms with E-state index in [-0.39, 0.29) is 17.7 Å². The second-order valence-corrected chi connectivity index (χ2v) is 7.72. The number of hydrogen-bond acceptors (Lipinski definition) is 6. The molecule has 0 aromatic carbocycles. The number of allylic oxidation sites excluding steroid dienone is 6. The largest absolute Gasteiger partial charge is 0.494 e. The van der Waals surface area contributed by atoms with Crippen LogP contribution in [0.2, 0.25) is 0 Å². The van der Waals surface area contributed by atoms with Crippen LogP contribution in [0.25, 0.3) is 0 Å². The number of amidine groups is 1. The maximum Gasteiger partial charge on any atom is 0.252 e. The third-order valence-electron chi connectivity index (χ3n) is 5.12. The Morgan fingerprint density at radius 2 is 1.86 bits per heavy atom. The fraction of sp³-hybridized carbons (Fsp3) is 0.407. The zero-order valence-electron chi connectivity index (χ0n) is 22.0. The molecular weight excluding hydrogens is 442 g/mol. The van der Waals surface area contributed by atoms with E-state index in [1.54, 1.807) is 46.6 Å². The van der Waals surface area contributed by atoms with Gasteiger partial charge in [0.1, 0.15) is 11.6 Å². The highest BCUT2D eigenvalue weighted by atomic mass is 16.5. The Morgan fingerprint density at radius 1 is 1.17 bits per heavy atom. The Balaban J connectivity index is 3.59. The van der Waals surface area contributed by atoms with Gasteiger partial charge in [0.05, 0.1) is 24.1 Å². The highest BCUT2D eigenvalue weighted by Gasteiger charge is 2.30. The van der Waals surface area contributed by atoms with E-state index in [0.29, 0.717) is 35.0 Å². The van der Waals surface area contributed by atoms with Crippen LogP contribution in [0, 0.1) is 5.92 Å². The number of nitrogens with one attached hydrogen (secondary N) is 3. The first-order chi connectivity index (χ1) is 16.8. The second-order valence-electron chi connectivity index (χ2n) is 7.72. The van der Waals surface area contributed by atoms with Crippen molar-refractivity contribution in [2.45, 2.75) is 40.0 Å². The van der Waals surface area contributed by atoms with Gasteiger partial charge in [-0.2, -0.15) is 0 Å². The lowest BCUT2D eigenvalue weighted by Crippen LogP contribution is -2.33. The summed E-state index contributed by atoms with van der Waals surface area (Å²) in [7, 11) is 6.41. The molecule has 3 N–H and O–H groups in total. The fourth-order valence-electron chi connectivity index (χ4n) is 3.24. The van der Waals surface area contributed by atoms with Crippen LogP contribution >= 0.6 is 0 Å². The summed E-state index contributed by atoms with van der Waals surface area (Å²) in [5, 5.41) is 8.74. The van der Waals surface area contributed by atoms with Crippen LogP contribution in [-0.2, 0) is 14.3 Å². The van der Waals surface area contributed by atoms with E-state index in [4.69, 9.17) is 4.74 Å². The molecule has 190 valence electrons. The van der Waals surface area contributed by atoms with Crippen molar-refractivity contribution >= 4 is 23.9 Å². The molecule has 1 rings (SSSR count). The van der Waals surface area contributed by atoms with Crippen LogP contribution in [0.4, 0.5) is 0 Å². The normalized spacial score (nSPS) is 16.3. The maximum absolute atomic E-state index is 12.8. The number of likely N-dealkylation sites (N-methyl/N-ethyl adjacent to an activating group) is 1. The van der Waals surface area contributed by atoms with Crippen LogP contribution in [-0.4, -0.2) is 52.1 Å². The Bertz CT molecular complexity index is 1010. The molecule has 2 amide bonds. The van der Waals surface area contributed by atoms with Gasteiger partial charge in [0.2, 0.25) is 5.91 Å². The number of ether oxygens (including phenoxy) is 1. The number of carbonyl (C=O) groups excluding carboxylic acids is 2. The lowest BCUT2D eigenvalue weighted by molar-refractivity contribution is -0.120. The third-order valence-corrected chi connectivity index (χ3v) is 5.12. The molecule has 0 atom stereocenters. The van der Waals surface area contributed by atoms with E-state index < -0.39 is 0 Å². The maximum atomic E-state index is 12.8. The van der Waals surface area contributed by atoms with Crippen LogP contribution in [0.1, 0.15) is 40.0 Å². The molecule has 0 heterocycles. The van der Waals surface area contributed by atoms with Crippen molar-refractivity contribution in [3.63, 3.8) is 0 Å². The van der Waals surface area contributed by atoms with Crippen molar-refractivity contribution in [3.8, 4) is 0 Å². The van der Waals surface area contributed by atoms with Crippen LogP contribution in [0.3, 0.4) is 0 Å². The zero-order valence-corrected chi connectivity index (χ0v) is 22.0. The van der Waals surface area contributed by atoms with Crippen molar-refractivity contribution < 1.29 is 14.3 Å². The van der Waals surface area contributed by atoms with E-state index in [9.17, 15) is 9.59 Å². The molecule has 8 heteroatoms. The zero-order chi connectivity index (χ0) is 26.4. The Hall–Kier alpha value is -3.68. The van der Waals surface area contributed by atoms with E-state index in [1.165, 1.54) is 0 Å². The Kier molecular flexibility index (Phi) is 12.8. The van der Waals surface area contributed by atoms with Gasteiger partial charge < -0.3 is 20.7 Å². The van der Waals surface area contributed by atoms with Gasteiger partial charge in [-0.1, -0.05) is 37.8 Å². The molecule has 1 saturated carbocycles. The Morgan fingerprint density at radius 3 is 2.31 bits per heavy atom. The van der Waals surface area contributed by atoms with Crippen LogP contribution in [0.15, 0.2) is 80.8 Å². The minimum Gasteiger partial charge on any atom is -0.494 e. The summed E-state index contributed by atoms with van der Waals surface area (Å²) in [5.74, 6) is 0.470. The SMILES string of the molecule is C=C(NC(=C/C(=NC)NC(=O)C1CC1)/C(=C/CC)C(=O)NC)/C(OC)=C(\C=C/C)C(/C=NC)=C/C. The van der Waals surface area contributed by atoms with Crippen LogP contribution in [0.5, 0.6) is 0 Å². The predicted molar refractivity (Wildman–Crippen MR) is 144 cm³/mol. The van der Waals surface area contributed by atoms with Crippen LogP contribution < -0.4 is 16.0 Å². The Labute approximate surface area is 209 Å². The van der Waals surface area contributed by atoms with Gasteiger partial charge in [0.15, 0.2) is 0 Å². The predicted octanol–water partition coefficient (Wildman–Crippen LogP) is 3.73. The quantitative estimate of drug-likeness (QED) is 0.130. The summed E-state index contributed by atoms with van der Waals surface area (Å²) < 4.78 is 5.74. The summed E-state index contributed by atoms with van der Waals surface area (Å²) in [4.78, 5) is 33.4. The fourth-order valence-corrected chi connectivity index (χ4v) is 3.24. The molecule has 0 aromatic heterocycles. The second kappa shape index (κ2) is 15.3. The molecule has 0 aliphatic heterocycles. The highest BCUT2D eigenvalue weighted by Crippen LogP contribution is 2.29. The molecule has 0 bridgehead atoms. The summed E-state index contributed by atoms with van der Waals surface area (Å²) >= 11 is 0. The van der Waals surface area contributed by atoms with Gasteiger partial charge in [-0.05, 0) is 38.7 Å². The van der Waals surface area contributed by atoms with E-state index in [2.05, 4.69) is 32.5 Å². The van der Waals surface area contributed by atoms with E-state index in [1.807, 2.05) is 39.0 Å². The molecule has 1 fully saturated rings. The summed E-state index contributed by atoms with van der Waals surface area (Å²) in [6.07, 6.45) is 13.3. The molecule has 0 aromatic rings. The lowest BCUT2D eigenvalue weighted by atomic mass is 10.0. The lowest BCUT2D eigenvalue weighted by Gasteiger charge is -2.20. The molecule has 0 saturated heterocycles. The summed E-state index contributed by atoms with van der Waals surface area (Å²) in [6, 6.07) is 0. The first-order valence-electron chi connectivity index (χ1n) is 11.7. The molecule has 8 nitrogen and oxygen atoms in total. The summed E-state index contributed by atoms with van der Waals surface area (Å²) in [5.41, 5.74) is 2.85. The van der Waals surface area contributed by atoms with Gasteiger partial charge in [-0.3, -0.25) is 19.6 Å². The van der Waals surface area contributed by atoms with Gasteiger partial charge in [-0.15, -0.1) is 0 Å². The van der Waals surface area contributed by atoms with Crippen molar-refractivity contribution in [2.75, 3.05) is 28.3 Å². The molecule has 35 heavy (non-hydrogen) atoms. The molecule has 1 aliphatic carbocycles. The van der Waals surface area contributed by atoms with E-state index >= 15 is 0 Å². The topological polar surface area (TPSA) is 104 Å². The molecular formula is C27H39N5O3. The van der Waals surface area contributed by atoms with Crippen molar-refractivity contribution in [2.24, 2.45) is 15.9 Å². The van der Waals surface area contributed by atoms with Gasteiger partial charge in [0.25, 0.3) is 5.91 Å². The standard InChI is InChI=1S/C27H39N5O3/c1-9-12-21(19(11-3)17-28-5)25(35-8)18(4)31-23(22(13-10-2)27(34)30-7)16-24(29-6)32-26(33)20-14-15-20/h9,11-13,16-17,20,31H,4,10,14-15H2,1-3,5-8H3,(H,30,34)(H,29,32,33)/b12-9-,19-11+,22-13-,23-16+,25-21-,28-17?. The number of aliphatic imine (C=N–C) groups is 2. The third kappa shape index (κ3) is 8.88. The number of rotatable bonds is 12. The molecule has 0 spiro atoms. The summed E-state index contributed by atoms with van der Waals surface area (Å²) in [6.45, 7) is 9.94. The van der Waals surface area contributed by atoms with Gasteiger partial charge in [-0.25, -0.2) is 0 Å². The molecule has 1 aliphatic rings. The van der Waals surface area contributed by atoms with Gasteiger partial charge in [0, 0.05) is 44.9 Å². The van der Waals surface area contributed by atoms with Gasteiger partial charge >= 0.3 is 0 Å². The monoisotopic (exact) mass is 481 g/mol. The number of carbonyl (C=O) groups is 2. The van der Waals surface area contributed by atoms with E-state index in [0.717, 1.165) is 24.0 Å². The number of hydrogen-bond donors (Lipinski definition) is 3. The highest BCUT2D eigenvalue weighted by molar-refractivity contribution is 6.07. The van der Waals surface area contributed by atoms with Crippen molar-refractivity contribution in [1.82, 2.24) is 16.0 Å². The van der Waals surface area contributed by atoms with Crippen molar-refractivity contribution in [3.05, 3.63) is 70.8 Å². The molecule has 0 radical (unpaired) electrons. The average Bonchev–Trinajstić information content (AvgIpc) is 3.70. The first kappa shape index (κ1) is 29.4. The first-order valence-corrected chi connectivity index (χ1v) is 11.7. The number of nitrogens with zero attached hydrogens (tertiary/aromatic N) is 2. The minimum atomic E-state index is -0.286. The van der Waals surface area contributed by atoms with Crippen molar-refractivity contribution in [1.29, 1.82) is 0 Å².